The van der Waals surface area contributed by atoms with Gasteiger partial charge in [0.1, 0.15) is 6.10 Å². The molecule has 3 saturated carbocycles. The molecule has 3 heteroatoms. The van der Waals surface area contributed by atoms with E-state index in [-0.39, 0.29) is 6.10 Å². The summed E-state index contributed by atoms with van der Waals surface area (Å²) in [6.07, 6.45) is 16.7. The number of hydrogen-bond acceptors (Lipinski definition) is 2. The Morgan fingerprint density at radius 3 is 2.58 bits per heavy atom. The third-order valence-electron chi connectivity index (χ3n) is 10.5. The molecule has 8 atom stereocenters. The zero-order valence-corrected chi connectivity index (χ0v) is 21.3. The van der Waals surface area contributed by atoms with Gasteiger partial charge in [-0.1, -0.05) is 65.5 Å². The summed E-state index contributed by atoms with van der Waals surface area (Å²) in [6, 6.07) is 0. The van der Waals surface area contributed by atoms with E-state index in [4.69, 9.17) is 16.3 Å². The van der Waals surface area contributed by atoms with Crippen LogP contribution >= 0.6 is 11.6 Å². The van der Waals surface area contributed by atoms with Gasteiger partial charge in [-0.3, -0.25) is 0 Å². The monoisotopic (exact) mass is 448 g/mol. The zero-order chi connectivity index (χ0) is 22.4. The van der Waals surface area contributed by atoms with E-state index in [0.29, 0.717) is 10.8 Å². The lowest BCUT2D eigenvalue weighted by atomic mass is 9.47. The van der Waals surface area contributed by atoms with Crippen LogP contribution in [0, 0.1) is 46.3 Å². The second kappa shape index (κ2) is 9.03. The molecule has 0 aromatic heterocycles. The van der Waals surface area contributed by atoms with Crippen molar-refractivity contribution in [3.05, 3.63) is 11.6 Å². The summed E-state index contributed by atoms with van der Waals surface area (Å²) >= 11 is 5.51. The summed E-state index contributed by atoms with van der Waals surface area (Å²) in [5.41, 5.74) is 1.77. The molecule has 4 aliphatic rings. The Kier molecular flexibility index (Phi) is 6.89. The molecule has 0 unspecified atom stereocenters. The summed E-state index contributed by atoms with van der Waals surface area (Å²) < 4.78 is 5.38. The van der Waals surface area contributed by atoms with E-state index in [9.17, 15) is 4.79 Å². The van der Waals surface area contributed by atoms with Gasteiger partial charge < -0.3 is 4.74 Å². The largest absolute Gasteiger partial charge is 0.450 e. The number of fused-ring (bicyclic) bond motifs is 5. The van der Waals surface area contributed by atoms with Crippen LogP contribution < -0.4 is 0 Å². The molecule has 3 fully saturated rings. The van der Waals surface area contributed by atoms with Crippen molar-refractivity contribution in [2.75, 3.05) is 0 Å². The molecule has 31 heavy (non-hydrogen) atoms. The molecule has 0 bridgehead atoms. The average molecular weight is 449 g/mol. The average Bonchev–Trinajstić information content (AvgIpc) is 3.05. The minimum atomic E-state index is -0.643. The molecule has 4 aliphatic carbocycles. The van der Waals surface area contributed by atoms with Gasteiger partial charge in [-0.15, -0.1) is 0 Å². The fraction of sp³-hybridized carbons (Fsp3) is 0.893. The Bertz CT molecular complexity index is 699. The molecule has 0 heterocycles. The van der Waals surface area contributed by atoms with Crippen LogP contribution in [0.4, 0.5) is 4.79 Å². The molecule has 4 rings (SSSR count). The summed E-state index contributed by atoms with van der Waals surface area (Å²) in [7, 11) is 0. The Labute approximate surface area is 195 Å². The fourth-order valence-electron chi connectivity index (χ4n) is 8.88. The molecule has 0 radical (unpaired) electrons. The fourth-order valence-corrected chi connectivity index (χ4v) is 9.01. The van der Waals surface area contributed by atoms with E-state index >= 15 is 0 Å². The predicted molar refractivity (Wildman–Crippen MR) is 129 cm³/mol. The Hall–Kier alpha value is -0.500. The number of rotatable bonds is 6. The van der Waals surface area contributed by atoms with Gasteiger partial charge >= 0.3 is 5.43 Å². The molecule has 0 aliphatic heterocycles. The van der Waals surface area contributed by atoms with E-state index in [1.54, 1.807) is 5.57 Å². The highest BCUT2D eigenvalue weighted by molar-refractivity contribution is 6.61. The van der Waals surface area contributed by atoms with Crippen molar-refractivity contribution >= 4 is 17.0 Å². The lowest BCUT2D eigenvalue weighted by Crippen LogP contribution is -2.51. The normalized spacial score (nSPS) is 42.9. The van der Waals surface area contributed by atoms with E-state index in [1.165, 1.54) is 51.4 Å². The van der Waals surface area contributed by atoms with Crippen LogP contribution in [0.2, 0.25) is 0 Å². The lowest BCUT2D eigenvalue weighted by Gasteiger charge is -2.58. The van der Waals surface area contributed by atoms with Gasteiger partial charge in [-0.2, -0.15) is 0 Å². The minimum Gasteiger partial charge on any atom is -0.450 e. The van der Waals surface area contributed by atoms with E-state index in [2.05, 4.69) is 40.7 Å². The standard InChI is InChI=1S/C28H45ClO2/c1-18(2)7-6-8-19(3)23-11-12-24-22-10-9-20-17-21(31-26(29)30)13-15-27(20,4)25(22)14-16-28(23,24)5/h9,18-19,21-25H,6-8,10-17H2,1-5H3/t19-,21+,22-,23-,24-,25-,27+,28-/m1/s1. The third kappa shape index (κ3) is 4.36. The van der Waals surface area contributed by atoms with Crippen LogP contribution in [0.5, 0.6) is 0 Å². The molecular weight excluding hydrogens is 404 g/mol. The van der Waals surface area contributed by atoms with Crippen LogP contribution in [-0.4, -0.2) is 11.5 Å². The van der Waals surface area contributed by atoms with Gasteiger partial charge in [0.05, 0.1) is 0 Å². The molecule has 0 saturated heterocycles. The first-order chi connectivity index (χ1) is 14.6. The van der Waals surface area contributed by atoms with Gasteiger partial charge in [0.15, 0.2) is 0 Å². The number of hydrogen-bond donors (Lipinski definition) is 0. The van der Waals surface area contributed by atoms with E-state index in [0.717, 1.165) is 54.8 Å². The molecule has 2 nitrogen and oxygen atoms in total. The Morgan fingerprint density at radius 2 is 1.87 bits per heavy atom. The molecule has 176 valence electrons. The molecule has 0 aromatic carbocycles. The van der Waals surface area contributed by atoms with Crippen molar-refractivity contribution in [3.63, 3.8) is 0 Å². The Balaban J connectivity index is 1.47. The number of halogens is 1. The molecule has 0 amide bonds. The van der Waals surface area contributed by atoms with Crippen molar-refractivity contribution in [2.45, 2.75) is 111 Å². The number of carbonyl (C=O) groups excluding carboxylic acids is 1. The quantitative estimate of drug-likeness (QED) is 0.299. The van der Waals surface area contributed by atoms with Gasteiger partial charge in [-0.05, 0) is 91.3 Å². The smallest absolute Gasteiger partial charge is 0.404 e. The molecule has 0 N–H and O–H groups in total. The first-order valence-electron chi connectivity index (χ1n) is 13.2. The predicted octanol–water partition coefficient (Wildman–Crippen LogP) is 8.77. The van der Waals surface area contributed by atoms with Crippen LogP contribution in [0.1, 0.15) is 105 Å². The number of carbonyl (C=O) groups is 1. The maximum Gasteiger partial charge on any atom is 0.404 e. The van der Waals surface area contributed by atoms with Crippen LogP contribution in [-0.2, 0) is 4.74 Å². The molecular formula is C28H45ClO2. The minimum absolute atomic E-state index is 0.0164. The SMILES string of the molecule is CC(C)CCC[C@@H](C)[C@H]1CC[C@@H]2[C@H]3CC=C4C[C@@H](OC(=O)Cl)CC[C@]4(C)[C@@H]3CC[C@@]21C. The summed E-state index contributed by atoms with van der Waals surface area (Å²) in [6.45, 7) is 12.5. The first-order valence-corrected chi connectivity index (χ1v) is 13.6. The van der Waals surface area contributed by atoms with Gasteiger partial charge in [0.25, 0.3) is 0 Å². The van der Waals surface area contributed by atoms with Crippen molar-refractivity contribution in [1.29, 1.82) is 0 Å². The van der Waals surface area contributed by atoms with Crippen LogP contribution in [0.3, 0.4) is 0 Å². The van der Waals surface area contributed by atoms with Crippen molar-refractivity contribution in [1.82, 2.24) is 0 Å². The van der Waals surface area contributed by atoms with E-state index < -0.39 is 5.43 Å². The summed E-state index contributed by atoms with van der Waals surface area (Å²) in [5, 5.41) is 0. The molecule has 0 spiro atoms. The van der Waals surface area contributed by atoms with Crippen LogP contribution in [0.15, 0.2) is 11.6 Å². The second-order valence-corrected chi connectivity index (χ2v) is 12.8. The second-order valence-electron chi connectivity index (χ2n) is 12.5. The van der Waals surface area contributed by atoms with Gasteiger partial charge in [0.2, 0.25) is 0 Å². The zero-order valence-electron chi connectivity index (χ0n) is 20.6. The molecule has 0 aromatic rings. The van der Waals surface area contributed by atoms with Gasteiger partial charge in [0, 0.05) is 18.0 Å². The van der Waals surface area contributed by atoms with Crippen molar-refractivity contribution in [2.24, 2.45) is 46.3 Å². The van der Waals surface area contributed by atoms with E-state index in [1.807, 2.05) is 0 Å². The highest BCUT2D eigenvalue weighted by atomic mass is 35.5. The highest BCUT2D eigenvalue weighted by Crippen LogP contribution is 2.67. The maximum atomic E-state index is 11.2. The summed E-state index contributed by atoms with van der Waals surface area (Å²) in [4.78, 5) is 11.2. The van der Waals surface area contributed by atoms with Crippen molar-refractivity contribution in [3.8, 4) is 0 Å². The Morgan fingerprint density at radius 1 is 1.10 bits per heavy atom. The summed E-state index contributed by atoms with van der Waals surface area (Å²) in [5.74, 6) is 5.19. The van der Waals surface area contributed by atoms with Gasteiger partial charge in [-0.25, -0.2) is 4.79 Å². The first kappa shape index (κ1) is 23.7. The number of ether oxygens (including phenoxy) is 1. The third-order valence-corrected chi connectivity index (χ3v) is 10.6. The van der Waals surface area contributed by atoms with Crippen molar-refractivity contribution < 1.29 is 9.53 Å². The topological polar surface area (TPSA) is 26.3 Å². The number of allylic oxidation sites excluding steroid dienone is 1. The van der Waals surface area contributed by atoms with Crippen LogP contribution in [0.25, 0.3) is 0 Å². The highest BCUT2D eigenvalue weighted by Gasteiger charge is 2.59. The lowest BCUT2D eigenvalue weighted by molar-refractivity contribution is -0.0573. The maximum absolute atomic E-state index is 11.2.